The summed E-state index contributed by atoms with van der Waals surface area (Å²) in [7, 11) is 0. The lowest BCUT2D eigenvalue weighted by molar-refractivity contribution is -0.143. The van der Waals surface area contributed by atoms with Crippen molar-refractivity contribution >= 4 is 18.0 Å². The van der Waals surface area contributed by atoms with E-state index < -0.39 is 17.4 Å². The predicted molar refractivity (Wildman–Crippen MR) is 88.5 cm³/mol. The van der Waals surface area contributed by atoms with Gasteiger partial charge in [0.05, 0.1) is 5.92 Å². The van der Waals surface area contributed by atoms with Crippen molar-refractivity contribution in [1.29, 1.82) is 0 Å². The van der Waals surface area contributed by atoms with E-state index in [9.17, 15) is 9.59 Å². The molecule has 1 rings (SSSR count). The second-order valence-electron chi connectivity index (χ2n) is 6.60. The van der Waals surface area contributed by atoms with Crippen LogP contribution in [0.5, 0.6) is 0 Å². The minimum atomic E-state index is -0.899. The third-order valence-electron chi connectivity index (χ3n) is 3.45. The van der Waals surface area contributed by atoms with Crippen LogP contribution in [0.25, 0.3) is 6.08 Å². The molecule has 1 unspecified atom stereocenters. The van der Waals surface area contributed by atoms with Crippen LogP contribution in [0.3, 0.4) is 0 Å². The van der Waals surface area contributed by atoms with Crippen molar-refractivity contribution < 1.29 is 14.7 Å². The lowest BCUT2D eigenvalue weighted by atomic mass is 10.0. The number of aliphatic carboxylic acids is 1. The van der Waals surface area contributed by atoms with E-state index in [1.807, 2.05) is 52.0 Å². The number of aryl methyl sites for hydroxylation is 1. The predicted octanol–water partition coefficient (Wildman–Crippen LogP) is 3.36. The van der Waals surface area contributed by atoms with Gasteiger partial charge < -0.3 is 10.0 Å². The Labute approximate surface area is 132 Å². The second-order valence-corrected chi connectivity index (χ2v) is 6.60. The Hall–Kier alpha value is -2.10. The molecule has 0 aromatic heterocycles. The molecule has 0 saturated carbocycles. The van der Waals surface area contributed by atoms with Crippen molar-refractivity contribution in [2.75, 3.05) is 6.54 Å². The third-order valence-corrected chi connectivity index (χ3v) is 3.45. The smallest absolute Gasteiger partial charge is 0.308 e. The summed E-state index contributed by atoms with van der Waals surface area (Å²) in [6, 6.07) is 7.86. The van der Waals surface area contributed by atoms with Gasteiger partial charge in [-0.15, -0.1) is 0 Å². The fraction of sp³-hybridized carbons (Fsp3) is 0.444. The monoisotopic (exact) mass is 303 g/mol. The average molecular weight is 303 g/mol. The summed E-state index contributed by atoms with van der Waals surface area (Å²) in [6.07, 6.45) is 3.26. The molecule has 0 aliphatic rings. The Morgan fingerprint density at radius 2 is 1.77 bits per heavy atom. The first-order chi connectivity index (χ1) is 10.1. The molecule has 1 N–H and O–H groups in total. The highest BCUT2D eigenvalue weighted by Crippen LogP contribution is 2.17. The number of carbonyl (C=O) groups is 2. The maximum Gasteiger partial charge on any atom is 0.308 e. The third kappa shape index (κ3) is 5.35. The number of carboxylic acids is 1. The molecule has 1 amide bonds. The van der Waals surface area contributed by atoms with E-state index in [0.717, 1.165) is 11.1 Å². The van der Waals surface area contributed by atoms with E-state index in [4.69, 9.17) is 5.11 Å². The zero-order valence-electron chi connectivity index (χ0n) is 14.0. The summed E-state index contributed by atoms with van der Waals surface area (Å²) in [5.41, 5.74) is 1.67. The molecule has 0 fully saturated rings. The number of amides is 1. The Kier molecular flexibility index (Phi) is 5.92. The van der Waals surface area contributed by atoms with Crippen molar-refractivity contribution in [3.05, 3.63) is 41.5 Å². The van der Waals surface area contributed by atoms with Gasteiger partial charge in [-0.1, -0.05) is 36.8 Å². The van der Waals surface area contributed by atoms with Gasteiger partial charge in [0.15, 0.2) is 0 Å². The highest BCUT2D eigenvalue weighted by Gasteiger charge is 2.28. The molecule has 0 radical (unpaired) electrons. The Balaban J connectivity index is 2.88. The van der Waals surface area contributed by atoms with E-state index in [2.05, 4.69) is 0 Å². The molecule has 1 aromatic carbocycles. The van der Waals surface area contributed by atoms with E-state index in [0.29, 0.717) is 0 Å². The van der Waals surface area contributed by atoms with Crippen LogP contribution in [-0.2, 0) is 9.59 Å². The van der Waals surface area contributed by atoms with Gasteiger partial charge in [-0.05, 0) is 39.3 Å². The van der Waals surface area contributed by atoms with Crippen LogP contribution in [0.1, 0.15) is 38.8 Å². The molecule has 22 heavy (non-hydrogen) atoms. The first kappa shape index (κ1) is 18.0. The molecular weight excluding hydrogens is 278 g/mol. The normalized spacial score (nSPS) is 13.1. The number of nitrogens with zero attached hydrogens (tertiary/aromatic N) is 1. The number of carbonyl (C=O) groups excluding carboxylic acids is 1. The van der Waals surface area contributed by atoms with E-state index in [1.165, 1.54) is 6.08 Å². The summed E-state index contributed by atoms with van der Waals surface area (Å²) in [5, 5.41) is 9.06. The summed E-state index contributed by atoms with van der Waals surface area (Å²) < 4.78 is 0. The molecule has 0 aliphatic carbocycles. The minimum absolute atomic E-state index is 0.179. The largest absolute Gasteiger partial charge is 0.481 e. The number of hydrogen-bond donors (Lipinski definition) is 1. The van der Waals surface area contributed by atoms with Crippen LogP contribution in [0, 0.1) is 12.8 Å². The molecule has 4 heteroatoms. The van der Waals surface area contributed by atoms with Gasteiger partial charge in [-0.2, -0.15) is 0 Å². The van der Waals surface area contributed by atoms with Crippen molar-refractivity contribution in [3.63, 3.8) is 0 Å². The molecule has 0 heterocycles. The van der Waals surface area contributed by atoms with Crippen LogP contribution in [0.15, 0.2) is 30.3 Å². The highest BCUT2D eigenvalue weighted by atomic mass is 16.4. The van der Waals surface area contributed by atoms with Gasteiger partial charge >= 0.3 is 5.97 Å². The minimum Gasteiger partial charge on any atom is -0.481 e. The second kappa shape index (κ2) is 7.25. The first-order valence-electron chi connectivity index (χ1n) is 7.40. The molecule has 120 valence electrons. The molecule has 1 atom stereocenters. The lowest BCUT2D eigenvalue weighted by Gasteiger charge is -2.36. The van der Waals surface area contributed by atoms with Crippen LogP contribution in [-0.4, -0.2) is 34.0 Å². The Morgan fingerprint density at radius 1 is 1.23 bits per heavy atom. The van der Waals surface area contributed by atoms with Gasteiger partial charge in [-0.3, -0.25) is 9.59 Å². The summed E-state index contributed by atoms with van der Waals surface area (Å²) in [5.74, 6) is -1.68. The quantitative estimate of drug-likeness (QED) is 0.849. The molecule has 1 aromatic rings. The Bertz CT molecular complexity index is 553. The van der Waals surface area contributed by atoms with Crippen LogP contribution >= 0.6 is 0 Å². The Morgan fingerprint density at radius 3 is 2.23 bits per heavy atom. The van der Waals surface area contributed by atoms with Crippen molar-refractivity contribution in [3.8, 4) is 0 Å². The summed E-state index contributed by atoms with van der Waals surface area (Å²) in [4.78, 5) is 25.1. The zero-order chi connectivity index (χ0) is 16.9. The highest BCUT2D eigenvalue weighted by molar-refractivity contribution is 5.92. The topological polar surface area (TPSA) is 57.6 Å². The van der Waals surface area contributed by atoms with Gasteiger partial charge in [0.2, 0.25) is 5.91 Å². The van der Waals surface area contributed by atoms with Crippen molar-refractivity contribution in [2.45, 2.75) is 40.2 Å². The molecule has 0 spiro atoms. The fourth-order valence-corrected chi connectivity index (χ4v) is 1.98. The maximum absolute atomic E-state index is 12.4. The van der Waals surface area contributed by atoms with E-state index >= 15 is 0 Å². The SMILES string of the molecule is Cc1ccc(/C=C/C(=O)N(CC(C)C(=O)O)C(C)(C)C)cc1. The molecule has 0 bridgehead atoms. The molecule has 4 nitrogen and oxygen atoms in total. The fourth-order valence-electron chi connectivity index (χ4n) is 1.98. The number of carboxylic acid groups (broad SMARTS) is 1. The van der Waals surface area contributed by atoms with Gasteiger partial charge in [0, 0.05) is 18.2 Å². The summed E-state index contributed by atoms with van der Waals surface area (Å²) >= 11 is 0. The molecule has 0 saturated heterocycles. The number of rotatable bonds is 5. The number of hydrogen-bond acceptors (Lipinski definition) is 2. The lowest BCUT2D eigenvalue weighted by Crippen LogP contribution is -2.48. The number of benzene rings is 1. The van der Waals surface area contributed by atoms with Crippen LogP contribution in [0.4, 0.5) is 0 Å². The summed E-state index contributed by atoms with van der Waals surface area (Å²) in [6.45, 7) is 9.51. The van der Waals surface area contributed by atoms with E-state index in [-0.39, 0.29) is 12.5 Å². The van der Waals surface area contributed by atoms with Crippen molar-refractivity contribution in [1.82, 2.24) is 4.90 Å². The van der Waals surface area contributed by atoms with Gasteiger partial charge in [-0.25, -0.2) is 0 Å². The zero-order valence-corrected chi connectivity index (χ0v) is 14.0. The van der Waals surface area contributed by atoms with Crippen LogP contribution in [0.2, 0.25) is 0 Å². The standard InChI is InChI=1S/C18H25NO3/c1-13-6-8-15(9-7-13)10-11-16(20)19(18(3,4)5)12-14(2)17(21)22/h6-11,14H,12H2,1-5H3,(H,21,22)/b11-10+. The van der Waals surface area contributed by atoms with E-state index in [1.54, 1.807) is 17.9 Å². The van der Waals surface area contributed by atoms with Gasteiger partial charge in [0.1, 0.15) is 0 Å². The van der Waals surface area contributed by atoms with Crippen LogP contribution < -0.4 is 0 Å². The maximum atomic E-state index is 12.4. The molecular formula is C18H25NO3. The first-order valence-corrected chi connectivity index (χ1v) is 7.40. The van der Waals surface area contributed by atoms with Crippen molar-refractivity contribution in [2.24, 2.45) is 5.92 Å². The average Bonchev–Trinajstić information content (AvgIpc) is 2.42. The molecule has 0 aliphatic heterocycles. The van der Waals surface area contributed by atoms with Gasteiger partial charge in [0.25, 0.3) is 0 Å².